The maximum Gasteiger partial charge on any atom is 0.225 e. The van der Waals surface area contributed by atoms with Crippen molar-refractivity contribution in [2.75, 3.05) is 13.1 Å². The Bertz CT molecular complexity index is 456. The van der Waals surface area contributed by atoms with Gasteiger partial charge < -0.3 is 4.90 Å². The Balaban J connectivity index is 1.55. The van der Waals surface area contributed by atoms with Crippen LogP contribution in [-0.4, -0.2) is 42.8 Å². The van der Waals surface area contributed by atoms with Crippen LogP contribution in [0, 0.1) is 5.92 Å². The quantitative estimate of drug-likeness (QED) is 0.802. The number of carbonyl (C=O) groups is 1. The van der Waals surface area contributed by atoms with Crippen molar-refractivity contribution < 1.29 is 13.2 Å². The van der Waals surface area contributed by atoms with Crippen LogP contribution in [-0.2, 0) is 14.6 Å². The van der Waals surface area contributed by atoms with Gasteiger partial charge in [0.1, 0.15) is 0 Å². The first-order chi connectivity index (χ1) is 9.59. The monoisotopic (exact) mass is 299 g/mol. The highest BCUT2D eigenvalue weighted by atomic mass is 32.2. The van der Waals surface area contributed by atoms with Gasteiger partial charge in [0.15, 0.2) is 9.84 Å². The van der Waals surface area contributed by atoms with Crippen LogP contribution in [0.5, 0.6) is 0 Å². The summed E-state index contributed by atoms with van der Waals surface area (Å²) in [6.45, 7) is 0.905. The molecule has 1 aliphatic heterocycles. The lowest BCUT2D eigenvalue weighted by atomic mass is 10.0. The second-order valence-electron chi connectivity index (χ2n) is 6.70. The molecule has 0 atom stereocenters. The molecule has 3 rings (SSSR count). The van der Waals surface area contributed by atoms with Gasteiger partial charge in [-0.15, -0.1) is 0 Å². The molecule has 3 aliphatic rings. The zero-order valence-corrected chi connectivity index (χ0v) is 12.9. The van der Waals surface area contributed by atoms with Gasteiger partial charge in [-0.25, -0.2) is 8.42 Å². The van der Waals surface area contributed by atoms with E-state index in [0.29, 0.717) is 13.1 Å². The second kappa shape index (κ2) is 5.66. The smallest absolute Gasteiger partial charge is 0.225 e. The SMILES string of the molecule is O=C(C1CCCC1)N1CC(S(=O)(=O)C2CCCCC2)C1. The zero-order chi connectivity index (χ0) is 14.2. The number of likely N-dealkylation sites (tertiary alicyclic amines) is 1. The first-order valence-corrected chi connectivity index (χ1v) is 9.71. The van der Waals surface area contributed by atoms with Crippen LogP contribution < -0.4 is 0 Å². The molecule has 20 heavy (non-hydrogen) atoms. The summed E-state index contributed by atoms with van der Waals surface area (Å²) in [6, 6.07) is 0. The molecule has 0 spiro atoms. The first-order valence-electron chi connectivity index (χ1n) is 8.10. The van der Waals surface area contributed by atoms with Gasteiger partial charge in [-0.05, 0) is 25.7 Å². The molecule has 0 bridgehead atoms. The number of sulfone groups is 1. The van der Waals surface area contributed by atoms with Crippen LogP contribution in [0.2, 0.25) is 0 Å². The molecule has 2 aliphatic carbocycles. The van der Waals surface area contributed by atoms with E-state index < -0.39 is 9.84 Å². The predicted octanol–water partition coefficient (Wildman–Crippen LogP) is 2.13. The molecular weight excluding hydrogens is 274 g/mol. The summed E-state index contributed by atoms with van der Waals surface area (Å²) in [4.78, 5) is 14.0. The molecule has 1 heterocycles. The third-order valence-electron chi connectivity index (χ3n) is 5.35. The van der Waals surface area contributed by atoms with Crippen molar-refractivity contribution in [2.45, 2.75) is 68.3 Å². The fraction of sp³-hybridized carbons (Fsp3) is 0.933. The number of amides is 1. The van der Waals surface area contributed by atoms with E-state index in [1.165, 1.54) is 6.42 Å². The molecule has 1 amide bonds. The third-order valence-corrected chi connectivity index (χ3v) is 7.97. The predicted molar refractivity (Wildman–Crippen MR) is 78.1 cm³/mol. The minimum atomic E-state index is -3.01. The molecule has 5 heteroatoms. The Morgan fingerprint density at radius 1 is 0.800 bits per heavy atom. The van der Waals surface area contributed by atoms with Gasteiger partial charge in [0.05, 0.1) is 10.5 Å². The van der Waals surface area contributed by atoms with Crippen LogP contribution in [0.3, 0.4) is 0 Å². The molecule has 4 nitrogen and oxygen atoms in total. The third kappa shape index (κ3) is 2.61. The van der Waals surface area contributed by atoms with Crippen molar-refractivity contribution in [1.82, 2.24) is 4.90 Å². The van der Waals surface area contributed by atoms with E-state index in [4.69, 9.17) is 0 Å². The molecule has 114 valence electrons. The van der Waals surface area contributed by atoms with E-state index in [9.17, 15) is 13.2 Å². The Morgan fingerprint density at radius 3 is 1.95 bits per heavy atom. The molecule has 0 aromatic rings. The Labute approximate surface area is 121 Å². The van der Waals surface area contributed by atoms with Gasteiger partial charge in [0.2, 0.25) is 5.91 Å². The number of rotatable bonds is 3. The molecule has 0 radical (unpaired) electrons. The average molecular weight is 299 g/mol. The fourth-order valence-electron chi connectivity index (χ4n) is 3.92. The van der Waals surface area contributed by atoms with Gasteiger partial charge >= 0.3 is 0 Å². The summed E-state index contributed by atoms with van der Waals surface area (Å²) in [5.41, 5.74) is 0. The molecule has 0 aromatic heterocycles. The van der Waals surface area contributed by atoms with Gasteiger partial charge in [0, 0.05) is 19.0 Å². The number of nitrogens with zero attached hydrogens (tertiary/aromatic N) is 1. The average Bonchev–Trinajstić information content (AvgIpc) is 2.91. The molecule has 1 saturated heterocycles. The zero-order valence-electron chi connectivity index (χ0n) is 12.1. The number of hydrogen-bond acceptors (Lipinski definition) is 3. The first kappa shape index (κ1) is 14.4. The maximum absolute atomic E-state index is 12.5. The molecule has 0 N–H and O–H groups in total. The highest BCUT2D eigenvalue weighted by Gasteiger charge is 2.44. The van der Waals surface area contributed by atoms with E-state index in [0.717, 1.165) is 51.4 Å². The van der Waals surface area contributed by atoms with E-state index in [2.05, 4.69) is 0 Å². The van der Waals surface area contributed by atoms with Gasteiger partial charge in [-0.3, -0.25) is 4.79 Å². The van der Waals surface area contributed by atoms with Crippen LogP contribution in [0.4, 0.5) is 0 Å². The van der Waals surface area contributed by atoms with Crippen LogP contribution >= 0.6 is 0 Å². The van der Waals surface area contributed by atoms with Gasteiger partial charge in [0.25, 0.3) is 0 Å². The molecular formula is C15H25NO3S. The van der Waals surface area contributed by atoms with Crippen molar-refractivity contribution in [1.29, 1.82) is 0 Å². The van der Waals surface area contributed by atoms with Crippen LogP contribution in [0.15, 0.2) is 0 Å². The summed E-state index contributed by atoms with van der Waals surface area (Å²) in [5, 5.41) is -0.416. The van der Waals surface area contributed by atoms with E-state index in [1.807, 2.05) is 0 Å². The number of hydrogen-bond donors (Lipinski definition) is 0. The Morgan fingerprint density at radius 2 is 1.35 bits per heavy atom. The van der Waals surface area contributed by atoms with E-state index in [1.54, 1.807) is 4.90 Å². The number of carbonyl (C=O) groups excluding carboxylic acids is 1. The van der Waals surface area contributed by atoms with E-state index >= 15 is 0 Å². The van der Waals surface area contributed by atoms with Crippen LogP contribution in [0.25, 0.3) is 0 Å². The normalized spacial score (nSPS) is 26.7. The summed E-state index contributed by atoms with van der Waals surface area (Å²) < 4.78 is 25.0. The van der Waals surface area contributed by atoms with Crippen molar-refractivity contribution in [3.05, 3.63) is 0 Å². The van der Waals surface area contributed by atoms with Crippen molar-refractivity contribution >= 4 is 15.7 Å². The van der Waals surface area contributed by atoms with Crippen molar-refractivity contribution in [3.63, 3.8) is 0 Å². The van der Waals surface area contributed by atoms with Crippen molar-refractivity contribution in [3.8, 4) is 0 Å². The highest BCUT2D eigenvalue weighted by molar-refractivity contribution is 7.92. The highest BCUT2D eigenvalue weighted by Crippen LogP contribution is 2.32. The summed E-state index contributed by atoms with van der Waals surface area (Å²) >= 11 is 0. The van der Waals surface area contributed by atoms with Crippen molar-refractivity contribution in [2.24, 2.45) is 5.92 Å². The second-order valence-corrected chi connectivity index (χ2v) is 9.21. The van der Waals surface area contributed by atoms with E-state index in [-0.39, 0.29) is 22.3 Å². The molecule has 0 aromatic carbocycles. The minimum absolute atomic E-state index is 0.134. The lowest BCUT2D eigenvalue weighted by Crippen LogP contribution is -2.59. The Hall–Kier alpha value is -0.580. The summed E-state index contributed by atoms with van der Waals surface area (Å²) in [5.74, 6) is 0.380. The molecule has 0 unspecified atom stereocenters. The van der Waals surface area contributed by atoms with Gasteiger partial charge in [-0.2, -0.15) is 0 Å². The summed E-state index contributed by atoms with van der Waals surface area (Å²) in [6.07, 6.45) is 9.20. The largest absolute Gasteiger partial charge is 0.340 e. The summed E-state index contributed by atoms with van der Waals surface area (Å²) in [7, 11) is -3.01. The lowest BCUT2D eigenvalue weighted by molar-refractivity contribution is -0.138. The fourth-order valence-corrected chi connectivity index (χ4v) is 6.23. The molecule has 2 saturated carbocycles. The standard InChI is InChI=1S/C15H25NO3S/c17-15(12-6-4-5-7-12)16-10-14(11-16)20(18,19)13-8-2-1-3-9-13/h12-14H,1-11H2. The molecule has 3 fully saturated rings. The maximum atomic E-state index is 12.5. The Kier molecular flexibility index (Phi) is 4.07. The minimum Gasteiger partial charge on any atom is -0.340 e. The van der Waals surface area contributed by atoms with Crippen LogP contribution in [0.1, 0.15) is 57.8 Å². The van der Waals surface area contributed by atoms with Gasteiger partial charge in [-0.1, -0.05) is 32.1 Å². The topological polar surface area (TPSA) is 54.5 Å². The lowest BCUT2D eigenvalue weighted by Gasteiger charge is -2.42.